The summed E-state index contributed by atoms with van der Waals surface area (Å²) in [5.41, 5.74) is 3.73. The van der Waals surface area contributed by atoms with Gasteiger partial charge >= 0.3 is 0 Å². The van der Waals surface area contributed by atoms with Crippen molar-refractivity contribution in [1.29, 1.82) is 0 Å². The molecule has 1 aromatic heterocycles. The fourth-order valence-electron chi connectivity index (χ4n) is 3.34. The third-order valence-electron chi connectivity index (χ3n) is 4.75. The van der Waals surface area contributed by atoms with Gasteiger partial charge in [0.15, 0.2) is 15.6 Å². The molecule has 1 N–H and O–H groups in total. The molecule has 0 spiro atoms. The minimum atomic E-state index is -3.80. The first-order chi connectivity index (χ1) is 14.0. The minimum Gasteiger partial charge on any atom is -0.360 e. The number of hydrogen-bond donors (Lipinski definition) is 1. The highest BCUT2D eigenvalue weighted by atomic mass is 35.5. The van der Waals surface area contributed by atoms with Gasteiger partial charge < -0.3 is 9.84 Å². The number of carbonyl (C=O) groups excluding carboxylic acids is 1. The van der Waals surface area contributed by atoms with Crippen LogP contribution >= 0.6 is 23.2 Å². The number of benzene rings is 2. The number of para-hydroxylation sites is 1. The number of hydrogen-bond acceptors (Lipinski definition) is 5. The van der Waals surface area contributed by atoms with E-state index in [-0.39, 0.29) is 22.3 Å². The van der Waals surface area contributed by atoms with Gasteiger partial charge in [-0.1, -0.05) is 40.5 Å². The highest BCUT2D eigenvalue weighted by Gasteiger charge is 2.24. The highest BCUT2D eigenvalue weighted by Crippen LogP contribution is 2.39. The Morgan fingerprint density at radius 3 is 2.27 bits per heavy atom. The van der Waals surface area contributed by atoms with Crippen molar-refractivity contribution in [1.82, 2.24) is 5.16 Å². The molecule has 3 aromatic rings. The molecule has 0 fully saturated rings. The minimum absolute atomic E-state index is 0.00642. The monoisotopic (exact) mass is 466 g/mol. The number of amides is 1. The Balaban J connectivity index is 1.99. The van der Waals surface area contributed by atoms with Crippen molar-refractivity contribution in [3.63, 3.8) is 0 Å². The molecule has 0 unspecified atom stereocenters. The predicted octanol–water partition coefficient (Wildman–Crippen LogP) is 5.51. The Bertz CT molecular complexity index is 1220. The summed E-state index contributed by atoms with van der Waals surface area (Å²) in [6.07, 6.45) is 0. The molecule has 0 aliphatic rings. The van der Waals surface area contributed by atoms with E-state index in [1.165, 1.54) is 19.1 Å². The van der Waals surface area contributed by atoms with E-state index in [0.29, 0.717) is 21.3 Å². The second kappa shape index (κ2) is 8.41. The van der Waals surface area contributed by atoms with E-state index in [4.69, 9.17) is 27.7 Å². The van der Waals surface area contributed by atoms with Crippen LogP contribution in [0, 0.1) is 20.8 Å². The summed E-state index contributed by atoms with van der Waals surface area (Å²) in [6.45, 7) is 6.85. The molecule has 0 bridgehead atoms. The van der Waals surface area contributed by atoms with E-state index in [1.807, 2.05) is 20.8 Å². The molecule has 2 aromatic carbocycles. The van der Waals surface area contributed by atoms with Crippen LogP contribution in [0.25, 0.3) is 11.3 Å². The Hall–Kier alpha value is -2.35. The average Bonchev–Trinajstić information content (AvgIpc) is 3.12. The summed E-state index contributed by atoms with van der Waals surface area (Å²) >= 11 is 12.8. The fourth-order valence-corrected chi connectivity index (χ4v) is 5.17. The Morgan fingerprint density at radius 2 is 1.67 bits per heavy atom. The van der Waals surface area contributed by atoms with E-state index < -0.39 is 15.6 Å². The summed E-state index contributed by atoms with van der Waals surface area (Å²) in [5.74, 6) is -0.616. The maximum Gasteiger partial charge on any atom is 0.221 e. The quantitative estimate of drug-likeness (QED) is 0.535. The Labute approximate surface area is 185 Å². The molecule has 158 valence electrons. The van der Waals surface area contributed by atoms with Crippen molar-refractivity contribution in [2.24, 2.45) is 0 Å². The lowest BCUT2D eigenvalue weighted by atomic mass is 9.97. The van der Waals surface area contributed by atoms with Gasteiger partial charge in [-0.3, -0.25) is 4.79 Å². The molecular formula is C21H20Cl2N2O4S. The first-order valence-electron chi connectivity index (χ1n) is 9.03. The van der Waals surface area contributed by atoms with Gasteiger partial charge in [-0.25, -0.2) is 8.42 Å². The van der Waals surface area contributed by atoms with E-state index in [0.717, 1.165) is 16.7 Å². The fraction of sp³-hybridized carbons (Fsp3) is 0.238. The number of rotatable bonds is 5. The van der Waals surface area contributed by atoms with Crippen LogP contribution in [0.4, 0.5) is 5.69 Å². The van der Waals surface area contributed by atoms with Gasteiger partial charge in [-0.05, 0) is 49.6 Å². The Morgan fingerprint density at radius 1 is 1.07 bits per heavy atom. The number of halogens is 2. The Kier molecular flexibility index (Phi) is 6.26. The number of nitrogens with one attached hydrogen (secondary N) is 1. The first kappa shape index (κ1) is 22.3. The molecule has 0 saturated heterocycles. The second-order valence-corrected chi connectivity index (χ2v) is 9.71. The molecule has 0 radical (unpaired) electrons. The van der Waals surface area contributed by atoms with Gasteiger partial charge in [0.05, 0.1) is 10.6 Å². The zero-order chi connectivity index (χ0) is 22.2. The van der Waals surface area contributed by atoms with Crippen molar-refractivity contribution < 1.29 is 17.7 Å². The molecule has 9 heteroatoms. The summed E-state index contributed by atoms with van der Waals surface area (Å²) < 4.78 is 31.2. The van der Waals surface area contributed by atoms with Gasteiger partial charge in [-0.2, -0.15) is 0 Å². The van der Waals surface area contributed by atoms with Crippen LogP contribution in [-0.2, 0) is 20.4 Å². The highest BCUT2D eigenvalue weighted by molar-refractivity contribution is 7.90. The van der Waals surface area contributed by atoms with Crippen LogP contribution in [0.2, 0.25) is 10.0 Å². The van der Waals surface area contributed by atoms with Crippen LogP contribution in [0.3, 0.4) is 0 Å². The molecule has 1 amide bonds. The number of nitrogens with zero attached hydrogens (tertiary/aromatic N) is 1. The summed E-state index contributed by atoms with van der Waals surface area (Å²) in [5, 5.41) is 7.64. The van der Waals surface area contributed by atoms with E-state index >= 15 is 0 Å². The normalized spacial score (nSPS) is 11.5. The first-order valence-corrected chi connectivity index (χ1v) is 11.4. The lowest BCUT2D eigenvalue weighted by Crippen LogP contribution is -2.12. The van der Waals surface area contributed by atoms with Crippen LogP contribution in [0.5, 0.6) is 0 Å². The number of sulfone groups is 1. The lowest BCUT2D eigenvalue weighted by Gasteiger charge is -2.14. The van der Waals surface area contributed by atoms with Crippen molar-refractivity contribution in [3.8, 4) is 11.3 Å². The van der Waals surface area contributed by atoms with Crippen molar-refractivity contribution in [2.75, 3.05) is 5.32 Å². The van der Waals surface area contributed by atoms with E-state index in [2.05, 4.69) is 10.5 Å². The van der Waals surface area contributed by atoms with Crippen molar-refractivity contribution in [3.05, 3.63) is 62.8 Å². The SMILES string of the molecule is CC(=O)Nc1ccccc1S(=O)(=O)Cc1cc(-c2c(C)c(Cl)c(C)c(Cl)c2C)no1. The van der Waals surface area contributed by atoms with Gasteiger partial charge in [0.1, 0.15) is 11.4 Å². The smallest absolute Gasteiger partial charge is 0.221 e. The molecule has 0 aliphatic carbocycles. The van der Waals surface area contributed by atoms with Crippen LogP contribution in [0.1, 0.15) is 29.4 Å². The average molecular weight is 467 g/mol. The molecule has 0 saturated carbocycles. The van der Waals surface area contributed by atoms with Gasteiger partial charge in [0, 0.05) is 28.6 Å². The zero-order valence-electron chi connectivity index (χ0n) is 16.8. The standard InChI is InChI=1S/C21H20Cl2N2O4S/c1-11-19(12(2)21(23)13(3)20(11)22)17-9-15(29-25-17)10-30(27,28)18-8-6-5-7-16(18)24-14(4)26/h5-9H,10H2,1-4H3,(H,24,26). The zero-order valence-corrected chi connectivity index (χ0v) is 19.2. The topological polar surface area (TPSA) is 89.3 Å². The predicted molar refractivity (Wildman–Crippen MR) is 118 cm³/mol. The van der Waals surface area contributed by atoms with Crippen LogP contribution in [-0.4, -0.2) is 19.5 Å². The van der Waals surface area contributed by atoms with E-state index in [9.17, 15) is 13.2 Å². The van der Waals surface area contributed by atoms with Crippen molar-refractivity contribution in [2.45, 2.75) is 38.3 Å². The van der Waals surface area contributed by atoms with E-state index in [1.54, 1.807) is 18.2 Å². The summed E-state index contributed by atoms with van der Waals surface area (Å²) in [7, 11) is -3.80. The van der Waals surface area contributed by atoms with Crippen LogP contribution < -0.4 is 5.32 Å². The molecule has 3 rings (SSSR count). The number of anilines is 1. The second-order valence-electron chi connectivity index (χ2n) is 6.99. The number of carbonyl (C=O) groups is 1. The van der Waals surface area contributed by atoms with Crippen molar-refractivity contribution >= 4 is 44.6 Å². The van der Waals surface area contributed by atoms with Crippen LogP contribution in [0.15, 0.2) is 39.8 Å². The largest absolute Gasteiger partial charge is 0.360 e. The third kappa shape index (κ3) is 4.24. The lowest BCUT2D eigenvalue weighted by molar-refractivity contribution is -0.114. The van der Waals surface area contributed by atoms with Gasteiger partial charge in [-0.15, -0.1) is 0 Å². The summed E-state index contributed by atoms with van der Waals surface area (Å²) in [4.78, 5) is 11.4. The molecule has 0 atom stereocenters. The molecule has 6 nitrogen and oxygen atoms in total. The summed E-state index contributed by atoms with van der Waals surface area (Å²) in [6, 6.07) is 7.77. The molecular weight excluding hydrogens is 447 g/mol. The molecule has 0 aliphatic heterocycles. The molecule has 1 heterocycles. The van der Waals surface area contributed by atoms with Gasteiger partial charge in [0.25, 0.3) is 0 Å². The molecule has 30 heavy (non-hydrogen) atoms. The van der Waals surface area contributed by atoms with Gasteiger partial charge in [0.2, 0.25) is 5.91 Å². The number of aromatic nitrogens is 1. The maximum absolute atomic E-state index is 13.0. The third-order valence-corrected chi connectivity index (χ3v) is 7.57. The maximum atomic E-state index is 13.0.